The van der Waals surface area contributed by atoms with E-state index in [9.17, 15) is 19.7 Å². The van der Waals surface area contributed by atoms with Gasteiger partial charge in [-0.05, 0) is 38.1 Å². The van der Waals surface area contributed by atoms with Crippen LogP contribution in [-0.4, -0.2) is 56.6 Å². The lowest BCUT2D eigenvalue weighted by Gasteiger charge is -2.37. The quantitative estimate of drug-likeness (QED) is 0.413. The van der Waals surface area contributed by atoms with Gasteiger partial charge in [0.2, 0.25) is 5.91 Å². The molecule has 156 valence electrons. The summed E-state index contributed by atoms with van der Waals surface area (Å²) < 4.78 is 5.32. The molecule has 0 radical (unpaired) electrons. The molecule has 2 amide bonds. The number of amides is 2. The summed E-state index contributed by atoms with van der Waals surface area (Å²) in [7, 11) is 1.67. The Balaban J connectivity index is 0.00000392. The number of nitrogens with zero attached hydrogens (tertiary/aromatic N) is 1. The molecule has 3 N–H and O–H groups in total. The summed E-state index contributed by atoms with van der Waals surface area (Å²) in [5.74, 6) is -0.500. The number of nitro groups is 1. The van der Waals surface area contributed by atoms with Crippen molar-refractivity contribution in [3.8, 4) is 0 Å². The van der Waals surface area contributed by atoms with Crippen LogP contribution >= 0.6 is 12.4 Å². The van der Waals surface area contributed by atoms with Gasteiger partial charge in [0.05, 0.1) is 11.5 Å². The van der Waals surface area contributed by atoms with Gasteiger partial charge in [-0.3, -0.25) is 19.7 Å². The van der Waals surface area contributed by atoms with Gasteiger partial charge in [-0.1, -0.05) is 0 Å². The zero-order chi connectivity index (χ0) is 19.7. The van der Waals surface area contributed by atoms with Crippen molar-refractivity contribution in [3.05, 3.63) is 39.9 Å². The molecule has 0 spiro atoms. The maximum Gasteiger partial charge on any atom is 0.269 e. The fourth-order valence-electron chi connectivity index (χ4n) is 3.14. The molecule has 0 unspecified atom stereocenters. The topological polar surface area (TPSA) is 123 Å². The number of halogens is 1. The first-order valence-electron chi connectivity index (χ1n) is 8.95. The molecule has 1 heterocycles. The predicted molar refractivity (Wildman–Crippen MR) is 107 cm³/mol. The summed E-state index contributed by atoms with van der Waals surface area (Å²) in [6.45, 7) is 3.17. The van der Waals surface area contributed by atoms with Crippen LogP contribution in [0, 0.1) is 15.5 Å². The molecular weight excluding hydrogens is 388 g/mol. The molecule has 1 aromatic rings. The van der Waals surface area contributed by atoms with Crippen molar-refractivity contribution in [2.45, 2.75) is 19.3 Å². The Morgan fingerprint density at radius 1 is 1.21 bits per heavy atom. The molecule has 1 fully saturated rings. The van der Waals surface area contributed by atoms with Gasteiger partial charge in [0.25, 0.3) is 11.6 Å². The van der Waals surface area contributed by atoms with Gasteiger partial charge in [-0.25, -0.2) is 0 Å². The maximum absolute atomic E-state index is 12.1. The van der Waals surface area contributed by atoms with E-state index >= 15 is 0 Å². The lowest BCUT2D eigenvalue weighted by atomic mass is 9.79. The van der Waals surface area contributed by atoms with Crippen LogP contribution in [-0.2, 0) is 9.53 Å². The highest BCUT2D eigenvalue weighted by molar-refractivity contribution is 5.94. The highest BCUT2D eigenvalue weighted by atomic mass is 35.5. The van der Waals surface area contributed by atoms with Crippen molar-refractivity contribution in [1.82, 2.24) is 16.0 Å². The third-order valence-electron chi connectivity index (χ3n) is 4.75. The lowest BCUT2D eigenvalue weighted by Crippen LogP contribution is -2.47. The fraction of sp³-hybridized carbons (Fsp3) is 0.556. The summed E-state index contributed by atoms with van der Waals surface area (Å²) in [5, 5.41) is 19.5. The first-order valence-corrected chi connectivity index (χ1v) is 8.95. The lowest BCUT2D eigenvalue weighted by molar-refractivity contribution is -0.384. The number of methoxy groups -OCH3 is 1. The minimum absolute atomic E-state index is 0. The first kappa shape index (κ1) is 23.8. The molecule has 0 aromatic heterocycles. The van der Waals surface area contributed by atoms with E-state index in [0.717, 1.165) is 25.9 Å². The molecule has 1 aliphatic heterocycles. The maximum atomic E-state index is 12.1. The number of carbonyl (C=O) groups excluding carboxylic acids is 2. The molecule has 0 saturated carbocycles. The van der Waals surface area contributed by atoms with Crippen molar-refractivity contribution in [2.75, 3.05) is 39.9 Å². The van der Waals surface area contributed by atoms with Crippen LogP contribution in [0.25, 0.3) is 0 Å². The van der Waals surface area contributed by atoms with E-state index in [4.69, 9.17) is 4.74 Å². The van der Waals surface area contributed by atoms with E-state index < -0.39 is 4.92 Å². The second-order valence-corrected chi connectivity index (χ2v) is 6.77. The number of nitrogens with one attached hydrogen (secondary N) is 3. The predicted octanol–water partition coefficient (Wildman–Crippen LogP) is 1.27. The van der Waals surface area contributed by atoms with Gasteiger partial charge in [-0.2, -0.15) is 0 Å². The number of ether oxygens (including phenoxy) is 1. The summed E-state index contributed by atoms with van der Waals surface area (Å²) in [5.41, 5.74) is 0.195. The largest absolute Gasteiger partial charge is 0.384 e. The van der Waals surface area contributed by atoms with Crippen LogP contribution in [0.15, 0.2) is 24.3 Å². The number of benzene rings is 1. The Bertz CT molecular complexity index is 657. The third kappa shape index (κ3) is 7.06. The van der Waals surface area contributed by atoms with E-state index in [2.05, 4.69) is 16.0 Å². The zero-order valence-corrected chi connectivity index (χ0v) is 16.7. The first-order chi connectivity index (χ1) is 13.0. The molecule has 0 aliphatic carbocycles. The third-order valence-corrected chi connectivity index (χ3v) is 4.75. The van der Waals surface area contributed by atoms with Gasteiger partial charge in [-0.15, -0.1) is 12.4 Å². The summed E-state index contributed by atoms with van der Waals surface area (Å²) >= 11 is 0. The summed E-state index contributed by atoms with van der Waals surface area (Å²) in [4.78, 5) is 34.2. The highest BCUT2D eigenvalue weighted by Gasteiger charge is 2.32. The van der Waals surface area contributed by atoms with Gasteiger partial charge < -0.3 is 20.7 Å². The van der Waals surface area contributed by atoms with Gasteiger partial charge in [0.1, 0.15) is 0 Å². The minimum Gasteiger partial charge on any atom is -0.384 e. The second-order valence-electron chi connectivity index (χ2n) is 6.77. The van der Waals surface area contributed by atoms with Crippen molar-refractivity contribution in [2.24, 2.45) is 5.41 Å². The van der Waals surface area contributed by atoms with E-state index in [1.54, 1.807) is 7.11 Å². The Kier molecular flexibility index (Phi) is 9.84. The Labute approximate surface area is 170 Å². The highest BCUT2D eigenvalue weighted by Crippen LogP contribution is 2.28. The van der Waals surface area contributed by atoms with Crippen LogP contribution in [0.4, 0.5) is 5.69 Å². The van der Waals surface area contributed by atoms with Crippen LogP contribution in [0.1, 0.15) is 29.6 Å². The molecule has 1 saturated heterocycles. The van der Waals surface area contributed by atoms with Crippen LogP contribution in [0.2, 0.25) is 0 Å². The van der Waals surface area contributed by atoms with Gasteiger partial charge in [0.15, 0.2) is 0 Å². The fourth-order valence-corrected chi connectivity index (χ4v) is 3.14. The molecule has 10 heteroatoms. The average Bonchev–Trinajstić information content (AvgIpc) is 2.67. The smallest absolute Gasteiger partial charge is 0.269 e. The van der Waals surface area contributed by atoms with Gasteiger partial charge in [0, 0.05) is 49.7 Å². The number of hydrogen-bond donors (Lipinski definition) is 3. The van der Waals surface area contributed by atoms with Crippen molar-refractivity contribution >= 4 is 29.9 Å². The van der Waals surface area contributed by atoms with Crippen molar-refractivity contribution < 1.29 is 19.2 Å². The summed E-state index contributed by atoms with van der Waals surface area (Å²) in [6, 6.07) is 5.32. The SMILES string of the molecule is COCC1(CNC(=O)CCNC(=O)c2ccc([N+](=O)[O-])cc2)CCNCC1.Cl. The van der Waals surface area contributed by atoms with E-state index in [0.29, 0.717) is 18.7 Å². The number of hydrogen-bond acceptors (Lipinski definition) is 6. The normalized spacial score (nSPS) is 15.2. The van der Waals surface area contributed by atoms with Crippen LogP contribution < -0.4 is 16.0 Å². The molecule has 28 heavy (non-hydrogen) atoms. The van der Waals surface area contributed by atoms with Crippen LogP contribution in [0.5, 0.6) is 0 Å². The molecule has 2 rings (SSSR count). The van der Waals surface area contributed by atoms with Crippen molar-refractivity contribution in [3.63, 3.8) is 0 Å². The number of piperidine rings is 1. The Morgan fingerprint density at radius 2 is 1.86 bits per heavy atom. The Hall–Kier alpha value is -2.23. The second kappa shape index (κ2) is 11.6. The minimum atomic E-state index is -0.523. The molecule has 0 bridgehead atoms. The van der Waals surface area contributed by atoms with E-state index in [1.807, 2.05) is 0 Å². The standard InChI is InChI=1S/C18H26N4O5.ClH/c1-27-13-18(7-10-19-11-8-18)12-21-16(23)6-9-20-17(24)14-2-4-15(5-3-14)22(25)26;/h2-5,19H,6-13H2,1H3,(H,20,24)(H,21,23);1H. The van der Waals surface area contributed by atoms with Crippen LogP contribution in [0.3, 0.4) is 0 Å². The van der Waals surface area contributed by atoms with E-state index in [1.165, 1.54) is 24.3 Å². The van der Waals surface area contributed by atoms with Crippen molar-refractivity contribution in [1.29, 1.82) is 0 Å². The molecule has 1 aliphatic rings. The molecule has 1 aromatic carbocycles. The number of non-ortho nitro benzene ring substituents is 1. The molecule has 9 nitrogen and oxygen atoms in total. The molecular formula is C18H27ClN4O5. The average molecular weight is 415 g/mol. The summed E-state index contributed by atoms with van der Waals surface area (Å²) in [6.07, 6.45) is 2.05. The monoisotopic (exact) mass is 414 g/mol. The van der Waals surface area contributed by atoms with E-state index in [-0.39, 0.29) is 48.3 Å². The van der Waals surface area contributed by atoms with Gasteiger partial charge >= 0.3 is 0 Å². The zero-order valence-electron chi connectivity index (χ0n) is 15.9. The number of rotatable bonds is 9. The Morgan fingerprint density at radius 3 is 2.43 bits per heavy atom. The number of carbonyl (C=O) groups is 2. The molecule has 0 atom stereocenters. The number of nitro benzene ring substituents is 1.